The Balaban J connectivity index is 1.95. The zero-order valence-corrected chi connectivity index (χ0v) is 17.4. The Bertz CT molecular complexity index is 1580. The number of para-hydroxylation sites is 2. The highest BCUT2D eigenvalue weighted by molar-refractivity contribution is 5.80. The first-order chi connectivity index (χ1) is 14.9. The van der Waals surface area contributed by atoms with Gasteiger partial charge in [0.05, 0.1) is 11.4 Å². The molecule has 2 aromatic carbocycles. The third kappa shape index (κ3) is 2.64. The Morgan fingerprint density at radius 3 is 2.35 bits per heavy atom. The largest absolute Gasteiger partial charge is 0.506 e. The molecule has 0 fully saturated rings. The van der Waals surface area contributed by atoms with Crippen molar-refractivity contribution in [2.24, 2.45) is 14.1 Å². The topological polar surface area (TPSA) is 86.5 Å². The van der Waals surface area contributed by atoms with Crippen molar-refractivity contribution in [2.45, 2.75) is 13.3 Å². The van der Waals surface area contributed by atoms with E-state index in [-0.39, 0.29) is 5.75 Å². The van der Waals surface area contributed by atoms with Gasteiger partial charge >= 0.3 is 5.69 Å². The van der Waals surface area contributed by atoms with Crippen molar-refractivity contribution in [1.82, 2.24) is 23.1 Å². The lowest BCUT2D eigenvalue weighted by atomic mass is 10.1. The molecule has 0 aliphatic heterocycles. The summed E-state index contributed by atoms with van der Waals surface area (Å²) in [6.07, 6.45) is 2.75. The van der Waals surface area contributed by atoms with Crippen molar-refractivity contribution in [1.29, 1.82) is 0 Å². The summed E-state index contributed by atoms with van der Waals surface area (Å²) in [5, 5.41) is 10.6. The van der Waals surface area contributed by atoms with E-state index in [1.54, 1.807) is 34.2 Å². The number of aromatic nitrogens is 5. The number of phenolic OH excluding ortho intramolecular Hbond substituents is 1. The molecule has 8 heteroatoms. The van der Waals surface area contributed by atoms with Crippen LogP contribution in [0.15, 0.2) is 64.3 Å². The van der Waals surface area contributed by atoms with Gasteiger partial charge in [-0.1, -0.05) is 43.3 Å². The van der Waals surface area contributed by atoms with Crippen LogP contribution in [0.25, 0.3) is 33.9 Å². The van der Waals surface area contributed by atoms with Crippen molar-refractivity contribution in [3.63, 3.8) is 0 Å². The molecule has 0 amide bonds. The highest BCUT2D eigenvalue weighted by atomic mass is 16.3. The molecule has 0 spiro atoms. The monoisotopic (exact) mass is 415 g/mol. The van der Waals surface area contributed by atoms with Gasteiger partial charge in [-0.2, -0.15) is 4.98 Å². The van der Waals surface area contributed by atoms with E-state index in [9.17, 15) is 14.7 Å². The first-order valence-corrected chi connectivity index (χ1v) is 9.99. The normalized spacial score (nSPS) is 11.6. The number of rotatable bonds is 3. The molecule has 5 rings (SSSR count). The van der Waals surface area contributed by atoms with Crippen LogP contribution in [0.4, 0.5) is 0 Å². The SMILES string of the molecule is CCc1ccc(-c2cn3c4c(=O)n(C)c(=O)n(C)c4nc3n2-c2ccccc2O)cc1. The summed E-state index contributed by atoms with van der Waals surface area (Å²) in [6.45, 7) is 2.10. The summed E-state index contributed by atoms with van der Waals surface area (Å²) in [5.74, 6) is 0.519. The fraction of sp³-hybridized carbons (Fsp3) is 0.174. The van der Waals surface area contributed by atoms with Crippen molar-refractivity contribution in [3.8, 4) is 22.7 Å². The van der Waals surface area contributed by atoms with Crippen molar-refractivity contribution < 1.29 is 5.11 Å². The minimum atomic E-state index is -0.442. The molecular weight excluding hydrogens is 394 g/mol. The first-order valence-electron chi connectivity index (χ1n) is 9.99. The highest BCUT2D eigenvalue weighted by Gasteiger charge is 2.22. The third-order valence-electron chi connectivity index (χ3n) is 5.75. The summed E-state index contributed by atoms with van der Waals surface area (Å²) in [7, 11) is 3.04. The fourth-order valence-electron chi connectivity index (χ4n) is 3.98. The molecule has 0 bridgehead atoms. The maximum Gasteiger partial charge on any atom is 0.332 e. The second-order valence-electron chi connectivity index (χ2n) is 7.55. The van der Waals surface area contributed by atoms with Crippen molar-refractivity contribution in [3.05, 3.63) is 81.1 Å². The minimum Gasteiger partial charge on any atom is -0.506 e. The number of hydrogen-bond donors (Lipinski definition) is 1. The Morgan fingerprint density at radius 2 is 1.68 bits per heavy atom. The van der Waals surface area contributed by atoms with Gasteiger partial charge in [0.1, 0.15) is 5.75 Å². The average Bonchev–Trinajstić information content (AvgIpc) is 3.33. The lowest BCUT2D eigenvalue weighted by Gasteiger charge is -2.11. The van der Waals surface area contributed by atoms with Gasteiger partial charge in [-0.15, -0.1) is 0 Å². The van der Waals surface area contributed by atoms with E-state index in [0.717, 1.165) is 22.2 Å². The van der Waals surface area contributed by atoms with E-state index in [0.29, 0.717) is 22.6 Å². The van der Waals surface area contributed by atoms with Crippen LogP contribution in [-0.4, -0.2) is 28.2 Å². The molecular formula is C23H21N5O3. The molecule has 156 valence electrons. The summed E-state index contributed by atoms with van der Waals surface area (Å²) in [4.78, 5) is 30.0. The maximum absolute atomic E-state index is 13.0. The molecule has 3 aromatic heterocycles. The van der Waals surface area contributed by atoms with Crippen LogP contribution in [0.1, 0.15) is 12.5 Å². The van der Waals surface area contributed by atoms with E-state index in [1.807, 2.05) is 24.4 Å². The van der Waals surface area contributed by atoms with E-state index in [4.69, 9.17) is 0 Å². The lowest BCUT2D eigenvalue weighted by molar-refractivity contribution is 0.473. The standard InChI is InChI=1S/C23H21N5O3/c1-4-14-9-11-15(12-10-14)17-13-27-19-20(25(2)23(31)26(3)21(19)30)24-22(27)28(17)16-7-5-6-8-18(16)29/h5-13,29H,4H2,1-3H3. The molecule has 0 saturated heterocycles. The lowest BCUT2D eigenvalue weighted by Crippen LogP contribution is -2.37. The quantitative estimate of drug-likeness (QED) is 0.491. The molecule has 3 heterocycles. The molecule has 0 aliphatic carbocycles. The fourth-order valence-corrected chi connectivity index (χ4v) is 3.98. The smallest absolute Gasteiger partial charge is 0.332 e. The summed E-state index contributed by atoms with van der Waals surface area (Å²) < 4.78 is 5.92. The summed E-state index contributed by atoms with van der Waals surface area (Å²) >= 11 is 0. The van der Waals surface area contributed by atoms with E-state index in [1.165, 1.54) is 17.2 Å². The molecule has 5 aromatic rings. The predicted octanol–water partition coefficient (Wildman–Crippen LogP) is 2.61. The number of phenols is 1. The van der Waals surface area contributed by atoms with Crippen LogP contribution < -0.4 is 11.2 Å². The Hall–Kier alpha value is -4.07. The molecule has 0 saturated carbocycles. The minimum absolute atomic E-state index is 0.0841. The number of aryl methyl sites for hydroxylation is 2. The van der Waals surface area contributed by atoms with Crippen LogP contribution in [0.5, 0.6) is 5.75 Å². The summed E-state index contributed by atoms with van der Waals surface area (Å²) in [6, 6.07) is 15.1. The van der Waals surface area contributed by atoms with Crippen LogP contribution in [0, 0.1) is 0 Å². The average molecular weight is 415 g/mol. The van der Waals surface area contributed by atoms with Crippen LogP contribution >= 0.6 is 0 Å². The maximum atomic E-state index is 13.0. The van der Waals surface area contributed by atoms with E-state index >= 15 is 0 Å². The van der Waals surface area contributed by atoms with Gasteiger partial charge in [0, 0.05) is 25.9 Å². The second-order valence-corrected chi connectivity index (χ2v) is 7.55. The molecule has 0 radical (unpaired) electrons. The molecule has 0 unspecified atom stereocenters. The number of aromatic hydroxyl groups is 1. The van der Waals surface area contributed by atoms with Crippen LogP contribution in [0.3, 0.4) is 0 Å². The molecule has 8 nitrogen and oxygen atoms in total. The molecule has 31 heavy (non-hydrogen) atoms. The van der Waals surface area contributed by atoms with Gasteiger partial charge in [0.25, 0.3) is 5.56 Å². The Labute approximate surface area is 176 Å². The van der Waals surface area contributed by atoms with Gasteiger partial charge in [0.2, 0.25) is 5.78 Å². The highest BCUT2D eigenvalue weighted by Crippen LogP contribution is 2.32. The van der Waals surface area contributed by atoms with E-state index in [2.05, 4.69) is 24.0 Å². The van der Waals surface area contributed by atoms with Crippen LogP contribution in [0.2, 0.25) is 0 Å². The Morgan fingerprint density at radius 1 is 0.968 bits per heavy atom. The van der Waals surface area contributed by atoms with E-state index < -0.39 is 11.2 Å². The second kappa shape index (κ2) is 6.73. The zero-order chi connectivity index (χ0) is 21.9. The molecule has 0 aliphatic rings. The number of nitrogens with zero attached hydrogens (tertiary/aromatic N) is 5. The van der Waals surface area contributed by atoms with Gasteiger partial charge in [-0.05, 0) is 24.1 Å². The van der Waals surface area contributed by atoms with Gasteiger partial charge in [-0.25, -0.2) is 4.79 Å². The van der Waals surface area contributed by atoms with Crippen molar-refractivity contribution >= 4 is 16.9 Å². The van der Waals surface area contributed by atoms with Crippen LogP contribution in [-0.2, 0) is 20.5 Å². The van der Waals surface area contributed by atoms with Gasteiger partial charge in [0.15, 0.2) is 11.2 Å². The number of hydrogen-bond acceptors (Lipinski definition) is 4. The predicted molar refractivity (Wildman–Crippen MR) is 119 cm³/mol. The zero-order valence-electron chi connectivity index (χ0n) is 17.4. The van der Waals surface area contributed by atoms with Gasteiger partial charge < -0.3 is 5.11 Å². The number of imidazole rings is 2. The first kappa shape index (κ1) is 18.9. The number of fused-ring (bicyclic) bond motifs is 3. The number of benzene rings is 2. The van der Waals surface area contributed by atoms with Gasteiger partial charge in [-0.3, -0.25) is 22.9 Å². The Kier molecular flexibility index (Phi) is 4.11. The van der Waals surface area contributed by atoms with Crippen molar-refractivity contribution in [2.75, 3.05) is 0 Å². The molecule has 1 N–H and O–H groups in total. The summed E-state index contributed by atoms with van der Waals surface area (Å²) in [5.41, 5.74) is 3.16. The molecule has 0 atom stereocenters. The third-order valence-corrected chi connectivity index (χ3v) is 5.75.